The molecular weight excluding hydrogens is 1110 g/mol. The molecule has 84 heavy (non-hydrogen) atoms. The number of amides is 2. The van der Waals surface area contributed by atoms with Crippen molar-refractivity contribution in [3.8, 4) is 17.2 Å². The number of aromatic hydroxyl groups is 2. The largest absolute Gasteiger partial charge is 0.507 e. The molecule has 2 aromatic carbocycles. The van der Waals surface area contributed by atoms with E-state index in [1.807, 2.05) is 0 Å². The van der Waals surface area contributed by atoms with Gasteiger partial charge in [-0.15, -0.1) is 0 Å². The minimum atomic E-state index is -2.02. The summed E-state index contributed by atoms with van der Waals surface area (Å²) in [5.41, 5.74) is -2.98. The number of hydrogen-bond donors (Lipinski definition) is 5. The maximum atomic E-state index is 15.0. The summed E-state index contributed by atoms with van der Waals surface area (Å²) in [6.45, 7) is 19.8. The number of aliphatic hydroxyl groups excluding tert-OH is 1. The fourth-order valence-electron chi connectivity index (χ4n) is 12.0. The Kier molecular flexibility index (Phi) is 20.5. The molecule has 1 spiro atoms. The van der Waals surface area contributed by atoms with Crippen LogP contribution in [-0.2, 0) is 57.0 Å². The van der Waals surface area contributed by atoms with Gasteiger partial charge in [0, 0.05) is 107 Å². The first-order valence-electron chi connectivity index (χ1n) is 28.6. The molecule has 7 bridgehead atoms. The summed E-state index contributed by atoms with van der Waals surface area (Å²) < 4.78 is 47.5. The molecule has 5 N–H and O–H groups in total. The highest BCUT2D eigenvalue weighted by Crippen LogP contribution is 2.52. The second-order valence-electron chi connectivity index (χ2n) is 23.7. The zero-order chi connectivity index (χ0) is 61.9. The Balaban J connectivity index is 1.27. The number of carbonyl (C=O) groups excluding carboxylic acids is 7. The number of phenolic OH excluding ortho intramolecular Hbond substituents is 2. The molecule has 8 heterocycles. The number of phenols is 2. The molecular formula is C60H81N6O17P. The van der Waals surface area contributed by atoms with Crippen molar-refractivity contribution < 1.29 is 81.9 Å². The average Bonchev–Trinajstić information content (AvgIpc) is 1.54. The van der Waals surface area contributed by atoms with E-state index >= 15 is 0 Å². The van der Waals surface area contributed by atoms with E-state index in [1.165, 1.54) is 72.3 Å². The second-order valence-corrected chi connectivity index (χ2v) is 24.5. The van der Waals surface area contributed by atoms with E-state index in [2.05, 4.69) is 34.4 Å². The molecule has 0 aliphatic carbocycles. The molecule has 0 saturated carbocycles. The lowest BCUT2D eigenvalue weighted by Gasteiger charge is -2.54. The molecule has 458 valence electrons. The number of nitrogens with zero attached hydrogens (tertiary/aromatic N) is 4. The zero-order valence-corrected chi connectivity index (χ0v) is 51.1. The Morgan fingerprint density at radius 1 is 1.00 bits per heavy atom. The van der Waals surface area contributed by atoms with Crippen LogP contribution in [0.15, 0.2) is 46.1 Å². The Bertz CT molecular complexity index is 3170. The summed E-state index contributed by atoms with van der Waals surface area (Å²) >= 11 is 0. The van der Waals surface area contributed by atoms with Gasteiger partial charge < -0.3 is 59.3 Å². The number of carbonyl (C=O) groups is 7. The number of rotatable bonds is 17. The van der Waals surface area contributed by atoms with Gasteiger partial charge in [-0.2, -0.15) is 0 Å². The minimum Gasteiger partial charge on any atom is -0.507 e. The summed E-state index contributed by atoms with van der Waals surface area (Å²) in [7, 11) is 2.68. The highest BCUT2D eigenvalue weighted by atomic mass is 31.1. The van der Waals surface area contributed by atoms with Gasteiger partial charge in [-0.05, 0) is 52.3 Å². The smallest absolute Gasteiger partial charge is 0.325 e. The normalized spacial score (nSPS) is 28.7. The number of aliphatic hydroxyl groups is 1. The van der Waals surface area contributed by atoms with Crippen LogP contribution in [0.3, 0.4) is 0 Å². The first kappa shape index (κ1) is 65.1. The van der Waals surface area contributed by atoms with Crippen LogP contribution in [0.2, 0.25) is 0 Å². The summed E-state index contributed by atoms with van der Waals surface area (Å²) in [6, 6.07) is 0. The van der Waals surface area contributed by atoms with Crippen LogP contribution in [0.25, 0.3) is 10.8 Å². The summed E-state index contributed by atoms with van der Waals surface area (Å²) in [5.74, 6) is -9.43. The number of Topliss-reactive ketones (excluding diaryl/α,β-unsaturated/α-hetero) is 3. The molecule has 0 radical (unpaired) electrons. The third-order valence-corrected chi connectivity index (χ3v) is 17.9. The molecule has 8 aliphatic rings. The van der Waals surface area contributed by atoms with Crippen LogP contribution in [0.1, 0.15) is 111 Å². The van der Waals surface area contributed by atoms with Gasteiger partial charge in [0.05, 0.1) is 53.4 Å². The van der Waals surface area contributed by atoms with E-state index in [9.17, 15) is 53.4 Å². The van der Waals surface area contributed by atoms with Crippen LogP contribution in [0, 0.1) is 36.5 Å². The average molecular weight is 1190 g/mol. The number of likely N-dealkylation sites (tertiary alicyclic amines) is 1. The molecule has 23 nitrogen and oxygen atoms in total. The number of esters is 2. The molecule has 11 unspecified atom stereocenters. The monoisotopic (exact) mass is 1190 g/mol. The van der Waals surface area contributed by atoms with Crippen molar-refractivity contribution in [2.75, 3.05) is 65.3 Å². The minimum absolute atomic E-state index is 0.00444. The third-order valence-electron chi connectivity index (χ3n) is 17.0. The van der Waals surface area contributed by atoms with Gasteiger partial charge in [0.1, 0.15) is 52.9 Å². The predicted octanol–water partition coefficient (Wildman–Crippen LogP) is 4.72. The maximum absolute atomic E-state index is 15.0. The van der Waals surface area contributed by atoms with Crippen molar-refractivity contribution in [2.24, 2.45) is 39.6 Å². The summed E-state index contributed by atoms with van der Waals surface area (Å²) in [4.78, 5) is 107. The molecule has 2 aromatic rings. The predicted molar refractivity (Wildman–Crippen MR) is 307 cm³/mol. The Labute approximate surface area is 490 Å². The fraction of sp³-hybridized carbons (Fsp3) is 0.617. The molecule has 24 heteroatoms. The van der Waals surface area contributed by atoms with Crippen LogP contribution in [0.4, 0.5) is 5.69 Å². The van der Waals surface area contributed by atoms with E-state index in [0.29, 0.717) is 31.8 Å². The number of nitrogens with one attached hydrogen (secondary N) is 2. The molecule has 8 aliphatic heterocycles. The summed E-state index contributed by atoms with van der Waals surface area (Å²) in [5, 5.41) is 42.4. The number of piperidine rings is 1. The van der Waals surface area contributed by atoms with E-state index in [4.69, 9.17) is 33.4 Å². The lowest BCUT2D eigenvalue weighted by atomic mass is 9.68. The molecule has 10 rings (SSSR count). The van der Waals surface area contributed by atoms with Gasteiger partial charge in [-0.25, -0.2) is 4.99 Å². The van der Waals surface area contributed by atoms with Crippen molar-refractivity contribution >= 4 is 66.0 Å². The highest BCUT2D eigenvalue weighted by molar-refractivity contribution is 7.26. The number of allylic oxidation sites excluding steroid dienone is 2. The molecule has 11 atom stereocenters. The van der Waals surface area contributed by atoms with E-state index in [-0.39, 0.29) is 87.9 Å². The number of benzene rings is 2. The van der Waals surface area contributed by atoms with Crippen molar-refractivity contribution in [1.82, 2.24) is 15.1 Å². The Morgan fingerprint density at radius 3 is 2.31 bits per heavy atom. The SMILES string of the molecule is COC1C=COC2(C)Oc3c(C)c(O)c4c(O)c(c5c(c4c3C2=O)NC2(CCN(CC(C)C)CC2)N=5)=NC(=O)/C(C)=C\C=CC2(C(=O)CN(C)CCOC(=O)CNC(=O)CCC(P=O)C(C)=O)OC(C(C)C(O)C(C)C(OC(C)=O)C1C)C2C. The van der Waals surface area contributed by atoms with Crippen LogP contribution < -0.4 is 26.1 Å². The van der Waals surface area contributed by atoms with Crippen LogP contribution in [0.5, 0.6) is 17.2 Å². The van der Waals surface area contributed by atoms with Crippen molar-refractivity contribution in [2.45, 2.75) is 149 Å². The van der Waals surface area contributed by atoms with E-state index in [1.54, 1.807) is 39.6 Å². The zero-order valence-electron chi connectivity index (χ0n) is 50.2. The van der Waals surface area contributed by atoms with Gasteiger partial charge in [-0.1, -0.05) is 53.7 Å². The van der Waals surface area contributed by atoms with E-state index < -0.39 is 133 Å². The second kappa shape index (κ2) is 26.4. The quantitative estimate of drug-likeness (QED) is 0.0813. The number of ketones is 3. The van der Waals surface area contributed by atoms with Gasteiger partial charge in [-0.3, -0.25) is 48.0 Å². The molecule has 2 saturated heterocycles. The molecule has 2 fully saturated rings. The number of ether oxygens (including phenoxy) is 6. The van der Waals surface area contributed by atoms with Crippen molar-refractivity contribution in [3.05, 3.63) is 58.0 Å². The van der Waals surface area contributed by atoms with Crippen LogP contribution in [-0.4, -0.2) is 173 Å². The molecule has 0 aromatic heterocycles. The standard InChI is InChI=1S/C60H81N6O17P/c1-30(2)28-66-22-20-59(21-23-66)63-47-44-45-51(73)35(7)55-46(44)56(75)58(11,82-55)80-25-18-39(78-13)32(4)53(81-38(10)68)33(5)50(72)34(6)54-36(8)60(83-54,19-14-15-31(3)57(76)62-49(52(45)74)48(47)64-59)41(69)29-65(12)24-26-79-43(71)27-61-42(70)17-16-40(84-77)37(9)67/h14-15,18-19,25,30,32-34,36,39-40,50,53-54,63,72-74H,16-17,20-24,26-29H2,1-13H3,(H,61,70)/b19-14?,25-18?,31-15-,62-49?. The lowest BCUT2D eigenvalue weighted by Crippen LogP contribution is -2.67. The van der Waals surface area contributed by atoms with Crippen molar-refractivity contribution in [3.63, 3.8) is 0 Å². The Hall–Kier alpha value is -6.49. The number of anilines is 1. The van der Waals surface area contributed by atoms with Gasteiger partial charge in [0.2, 0.25) is 5.91 Å². The van der Waals surface area contributed by atoms with Gasteiger partial charge >= 0.3 is 17.7 Å². The van der Waals surface area contributed by atoms with Gasteiger partial charge in [0.15, 0.2) is 25.6 Å². The van der Waals surface area contributed by atoms with E-state index in [0.717, 1.165) is 6.54 Å². The topological polar surface area (TPSA) is 308 Å². The molecule has 2 amide bonds. The first-order valence-corrected chi connectivity index (χ1v) is 29.5. The van der Waals surface area contributed by atoms with Crippen LogP contribution >= 0.6 is 8.46 Å². The lowest BCUT2D eigenvalue weighted by molar-refractivity contribution is -0.250. The number of likely N-dealkylation sites (N-methyl/N-ethyl adjacent to an activating group) is 1. The Morgan fingerprint density at radius 2 is 1.69 bits per heavy atom. The van der Waals surface area contributed by atoms with Gasteiger partial charge in [0.25, 0.3) is 11.7 Å². The van der Waals surface area contributed by atoms with Crippen molar-refractivity contribution in [1.29, 1.82) is 0 Å². The maximum Gasteiger partial charge on any atom is 0.325 e. The fourth-order valence-corrected chi connectivity index (χ4v) is 12.4. The summed E-state index contributed by atoms with van der Waals surface area (Å²) in [6.07, 6.45) is 4.43. The number of hydrogen-bond acceptors (Lipinski definition) is 21. The first-order chi connectivity index (χ1) is 39.5. The number of methoxy groups -OCH3 is 1. The third kappa shape index (κ3) is 13.3. The highest BCUT2D eigenvalue weighted by Gasteiger charge is 2.59.